The fourth-order valence-electron chi connectivity index (χ4n) is 1.39. The molecule has 0 spiro atoms. The van der Waals surface area contributed by atoms with Gasteiger partial charge in [0.15, 0.2) is 0 Å². The second-order valence-corrected chi connectivity index (χ2v) is 5.33. The lowest BCUT2D eigenvalue weighted by Gasteiger charge is -2.07. The van der Waals surface area contributed by atoms with E-state index in [1.54, 1.807) is 29.5 Å². The Morgan fingerprint density at radius 1 is 1.39 bits per heavy atom. The first-order valence-corrected chi connectivity index (χ1v) is 6.99. The van der Waals surface area contributed by atoms with Gasteiger partial charge in [0.25, 0.3) is 0 Å². The molecule has 0 aliphatic heterocycles. The lowest BCUT2D eigenvalue weighted by atomic mass is 10.3. The molecule has 96 valence electrons. The highest BCUT2D eigenvalue weighted by molar-refractivity contribution is 7.09. The Morgan fingerprint density at radius 3 is 3.00 bits per heavy atom. The van der Waals surface area contributed by atoms with Crippen molar-refractivity contribution in [3.63, 3.8) is 0 Å². The lowest BCUT2D eigenvalue weighted by molar-refractivity contribution is 0.302. The summed E-state index contributed by atoms with van der Waals surface area (Å²) < 4.78 is 5.60. The zero-order valence-electron chi connectivity index (χ0n) is 9.74. The average molecular weight is 303 g/mol. The van der Waals surface area contributed by atoms with Gasteiger partial charge in [0, 0.05) is 11.9 Å². The second-order valence-electron chi connectivity index (χ2n) is 3.60. The number of benzene rings is 1. The Hall–Kier alpha value is -0.810. The van der Waals surface area contributed by atoms with Crippen LogP contribution in [0.4, 0.5) is 0 Å². The van der Waals surface area contributed by atoms with E-state index in [2.05, 4.69) is 10.3 Å². The van der Waals surface area contributed by atoms with Crippen molar-refractivity contribution in [2.75, 3.05) is 7.05 Å². The number of hydrogen-bond acceptors (Lipinski definition) is 4. The van der Waals surface area contributed by atoms with Gasteiger partial charge < -0.3 is 10.1 Å². The molecule has 0 aliphatic rings. The zero-order chi connectivity index (χ0) is 13.0. The highest BCUT2D eigenvalue weighted by Crippen LogP contribution is 2.31. The minimum atomic E-state index is 0.389. The van der Waals surface area contributed by atoms with E-state index in [0.717, 1.165) is 17.2 Å². The van der Waals surface area contributed by atoms with Gasteiger partial charge in [-0.15, -0.1) is 11.3 Å². The van der Waals surface area contributed by atoms with Crippen LogP contribution in [-0.4, -0.2) is 12.0 Å². The van der Waals surface area contributed by atoms with E-state index in [1.807, 2.05) is 12.4 Å². The molecule has 0 amide bonds. The normalized spacial score (nSPS) is 10.6. The van der Waals surface area contributed by atoms with E-state index in [-0.39, 0.29) is 0 Å². The molecule has 0 bridgehead atoms. The van der Waals surface area contributed by atoms with Gasteiger partial charge in [-0.25, -0.2) is 4.98 Å². The van der Waals surface area contributed by atoms with Gasteiger partial charge in [-0.1, -0.05) is 29.3 Å². The number of rotatable bonds is 5. The highest BCUT2D eigenvalue weighted by atomic mass is 35.5. The summed E-state index contributed by atoms with van der Waals surface area (Å²) in [5, 5.41) is 6.99. The lowest BCUT2D eigenvalue weighted by Crippen LogP contribution is -2.05. The Kier molecular flexibility index (Phi) is 4.83. The van der Waals surface area contributed by atoms with Crippen LogP contribution in [0.5, 0.6) is 5.75 Å². The number of halogens is 2. The van der Waals surface area contributed by atoms with E-state index in [4.69, 9.17) is 27.9 Å². The van der Waals surface area contributed by atoms with Gasteiger partial charge in [-0.3, -0.25) is 0 Å². The van der Waals surface area contributed by atoms with Gasteiger partial charge >= 0.3 is 0 Å². The molecule has 0 atom stereocenters. The van der Waals surface area contributed by atoms with Crippen LogP contribution in [0.25, 0.3) is 0 Å². The summed E-state index contributed by atoms with van der Waals surface area (Å²) in [6, 6.07) is 5.32. The van der Waals surface area contributed by atoms with Crippen LogP contribution in [0.1, 0.15) is 10.7 Å². The van der Waals surface area contributed by atoms with E-state index in [1.165, 1.54) is 0 Å². The van der Waals surface area contributed by atoms with Crippen LogP contribution in [0.3, 0.4) is 0 Å². The first-order valence-electron chi connectivity index (χ1n) is 5.35. The number of nitrogens with zero attached hydrogens (tertiary/aromatic N) is 1. The van der Waals surface area contributed by atoms with Crippen molar-refractivity contribution >= 4 is 34.5 Å². The van der Waals surface area contributed by atoms with Crippen LogP contribution >= 0.6 is 34.5 Å². The average Bonchev–Trinajstić information content (AvgIpc) is 2.79. The minimum Gasteiger partial charge on any atom is -0.486 e. The number of thiazole rings is 1. The van der Waals surface area contributed by atoms with Crippen LogP contribution < -0.4 is 10.1 Å². The molecule has 1 aromatic carbocycles. The van der Waals surface area contributed by atoms with E-state index < -0.39 is 0 Å². The maximum Gasteiger partial charge on any atom is 0.140 e. The fraction of sp³-hybridized carbons (Fsp3) is 0.250. The summed E-state index contributed by atoms with van der Waals surface area (Å²) in [4.78, 5) is 4.42. The Balaban J connectivity index is 2.00. The van der Waals surface area contributed by atoms with Gasteiger partial charge in [0.05, 0.1) is 10.7 Å². The molecule has 0 radical (unpaired) electrons. The smallest absolute Gasteiger partial charge is 0.140 e. The van der Waals surface area contributed by atoms with Crippen LogP contribution in [0.2, 0.25) is 10.0 Å². The zero-order valence-corrected chi connectivity index (χ0v) is 12.1. The molecule has 1 aromatic heterocycles. The minimum absolute atomic E-state index is 0.389. The molecule has 18 heavy (non-hydrogen) atoms. The van der Waals surface area contributed by atoms with Crippen molar-refractivity contribution in [2.45, 2.75) is 13.2 Å². The number of nitrogens with one attached hydrogen (secondary N) is 1. The first kappa shape index (κ1) is 13.6. The number of ether oxygens (including phenoxy) is 1. The molecule has 0 saturated carbocycles. The van der Waals surface area contributed by atoms with E-state index in [9.17, 15) is 0 Å². The van der Waals surface area contributed by atoms with Crippen molar-refractivity contribution in [2.24, 2.45) is 0 Å². The van der Waals surface area contributed by atoms with E-state index >= 15 is 0 Å². The third-order valence-corrected chi connectivity index (χ3v) is 3.92. The van der Waals surface area contributed by atoms with Gasteiger partial charge in [-0.05, 0) is 19.2 Å². The number of hydrogen-bond donors (Lipinski definition) is 1. The predicted octanol–water partition coefficient (Wildman–Crippen LogP) is 3.75. The third-order valence-electron chi connectivity index (χ3n) is 2.22. The summed E-state index contributed by atoms with van der Waals surface area (Å²) in [6.45, 7) is 1.16. The summed E-state index contributed by atoms with van der Waals surface area (Å²) in [7, 11) is 1.89. The molecule has 0 saturated heterocycles. The van der Waals surface area contributed by atoms with Gasteiger partial charge in [0.1, 0.15) is 22.4 Å². The van der Waals surface area contributed by atoms with Crippen molar-refractivity contribution in [1.82, 2.24) is 10.3 Å². The SMILES string of the molecule is CNCc1nc(COc2cccc(Cl)c2Cl)cs1. The van der Waals surface area contributed by atoms with Gasteiger partial charge in [-0.2, -0.15) is 0 Å². The molecule has 1 heterocycles. The Labute approximate surface area is 120 Å². The molecular formula is C12H12Cl2N2OS. The maximum absolute atomic E-state index is 6.03. The largest absolute Gasteiger partial charge is 0.486 e. The Morgan fingerprint density at radius 2 is 2.22 bits per heavy atom. The van der Waals surface area contributed by atoms with Crippen LogP contribution in [-0.2, 0) is 13.2 Å². The fourth-order valence-corrected chi connectivity index (χ4v) is 2.53. The molecule has 2 aromatic rings. The summed E-state index contributed by atoms with van der Waals surface area (Å²) in [6.07, 6.45) is 0. The van der Waals surface area contributed by atoms with Crippen LogP contribution in [0, 0.1) is 0 Å². The molecule has 6 heteroatoms. The molecule has 3 nitrogen and oxygen atoms in total. The van der Waals surface area contributed by atoms with Crippen molar-refractivity contribution in [1.29, 1.82) is 0 Å². The topological polar surface area (TPSA) is 34.2 Å². The summed E-state index contributed by atoms with van der Waals surface area (Å²) in [5.74, 6) is 0.576. The summed E-state index contributed by atoms with van der Waals surface area (Å²) in [5.41, 5.74) is 0.890. The standard InChI is InChI=1S/C12H12Cl2N2OS/c1-15-5-11-16-8(7-18-11)6-17-10-4-2-3-9(13)12(10)14/h2-4,7,15H,5-6H2,1H3. The molecule has 0 aliphatic carbocycles. The van der Waals surface area contributed by atoms with E-state index in [0.29, 0.717) is 22.4 Å². The number of aromatic nitrogens is 1. The highest BCUT2D eigenvalue weighted by Gasteiger charge is 2.07. The molecular weight excluding hydrogens is 291 g/mol. The van der Waals surface area contributed by atoms with Crippen molar-refractivity contribution < 1.29 is 4.74 Å². The summed E-state index contributed by atoms with van der Waals surface area (Å²) >= 11 is 13.5. The Bertz CT molecular complexity index is 531. The molecule has 1 N–H and O–H groups in total. The monoisotopic (exact) mass is 302 g/mol. The molecule has 0 unspecified atom stereocenters. The second kappa shape index (κ2) is 6.38. The van der Waals surface area contributed by atoms with Gasteiger partial charge in [0.2, 0.25) is 0 Å². The maximum atomic E-state index is 6.03. The predicted molar refractivity (Wildman–Crippen MR) is 75.7 cm³/mol. The third kappa shape index (κ3) is 3.36. The quantitative estimate of drug-likeness (QED) is 0.913. The van der Waals surface area contributed by atoms with Crippen molar-refractivity contribution in [3.05, 3.63) is 44.3 Å². The van der Waals surface area contributed by atoms with Crippen LogP contribution in [0.15, 0.2) is 23.6 Å². The van der Waals surface area contributed by atoms with Crippen molar-refractivity contribution in [3.8, 4) is 5.75 Å². The first-order chi connectivity index (χ1) is 8.70. The molecule has 2 rings (SSSR count). The molecule has 0 fully saturated rings.